The summed E-state index contributed by atoms with van der Waals surface area (Å²) < 4.78 is 10.4. The Labute approximate surface area is 120 Å². The second-order valence-corrected chi connectivity index (χ2v) is 5.24. The van der Waals surface area contributed by atoms with Crippen molar-refractivity contribution < 1.29 is 14.3 Å². The highest BCUT2D eigenvalue weighted by molar-refractivity contribution is 5.87. The van der Waals surface area contributed by atoms with Crippen LogP contribution in [0.25, 0.3) is 6.08 Å². The molecule has 108 valence electrons. The Morgan fingerprint density at radius 3 is 2.55 bits per heavy atom. The maximum Gasteiger partial charge on any atom is 0.330 e. The van der Waals surface area contributed by atoms with Crippen LogP contribution in [0, 0.1) is 5.92 Å². The lowest BCUT2D eigenvalue weighted by Gasteiger charge is -2.20. The van der Waals surface area contributed by atoms with Gasteiger partial charge in [-0.2, -0.15) is 0 Å². The molecule has 0 heterocycles. The van der Waals surface area contributed by atoms with Gasteiger partial charge in [-0.1, -0.05) is 31.4 Å². The van der Waals surface area contributed by atoms with Crippen molar-refractivity contribution in [1.82, 2.24) is 0 Å². The standard InChI is InChI=1S/C17H22O3/c1-19-16-10-7-14(8-11-16)9-12-17(18)20-13-15-5-3-2-4-6-15/h7-12,15H,2-6,13H2,1H3/b12-9-. The molecule has 0 atom stereocenters. The summed E-state index contributed by atoms with van der Waals surface area (Å²) in [6.07, 6.45) is 9.49. The zero-order valence-corrected chi connectivity index (χ0v) is 12.0. The molecule has 20 heavy (non-hydrogen) atoms. The van der Waals surface area contributed by atoms with Gasteiger partial charge < -0.3 is 9.47 Å². The number of hydrogen-bond donors (Lipinski definition) is 0. The Morgan fingerprint density at radius 2 is 1.90 bits per heavy atom. The molecular weight excluding hydrogens is 252 g/mol. The van der Waals surface area contributed by atoms with Gasteiger partial charge >= 0.3 is 5.97 Å². The van der Waals surface area contributed by atoms with E-state index in [-0.39, 0.29) is 5.97 Å². The lowest BCUT2D eigenvalue weighted by atomic mass is 9.90. The molecule has 0 saturated heterocycles. The largest absolute Gasteiger partial charge is 0.497 e. The minimum atomic E-state index is -0.258. The van der Waals surface area contributed by atoms with Crippen LogP contribution in [0.2, 0.25) is 0 Å². The molecular formula is C17H22O3. The molecule has 1 aliphatic rings. The lowest BCUT2D eigenvalue weighted by Crippen LogP contribution is -2.15. The fourth-order valence-electron chi connectivity index (χ4n) is 2.48. The molecule has 0 radical (unpaired) electrons. The molecule has 0 unspecified atom stereocenters. The van der Waals surface area contributed by atoms with Crippen molar-refractivity contribution in [3.8, 4) is 5.75 Å². The third kappa shape index (κ3) is 4.72. The molecule has 2 rings (SSSR count). The van der Waals surface area contributed by atoms with Crippen LogP contribution in [0.15, 0.2) is 30.3 Å². The van der Waals surface area contributed by atoms with Gasteiger partial charge in [-0.25, -0.2) is 4.79 Å². The normalized spacial score (nSPS) is 16.2. The van der Waals surface area contributed by atoms with Crippen LogP contribution in [0.4, 0.5) is 0 Å². The highest BCUT2D eigenvalue weighted by Crippen LogP contribution is 2.23. The van der Waals surface area contributed by atoms with Crippen LogP contribution in [0.1, 0.15) is 37.7 Å². The fraction of sp³-hybridized carbons (Fsp3) is 0.471. The minimum absolute atomic E-state index is 0.258. The third-order valence-corrected chi connectivity index (χ3v) is 3.71. The molecule has 0 amide bonds. The van der Waals surface area contributed by atoms with E-state index in [2.05, 4.69) is 0 Å². The molecule has 0 bridgehead atoms. The predicted molar refractivity (Wildman–Crippen MR) is 79.6 cm³/mol. The van der Waals surface area contributed by atoms with E-state index in [0.717, 1.165) is 11.3 Å². The van der Waals surface area contributed by atoms with Gasteiger partial charge in [-0.15, -0.1) is 0 Å². The Kier molecular flexibility index (Phi) is 5.66. The summed E-state index contributed by atoms with van der Waals surface area (Å²) in [5.41, 5.74) is 0.959. The van der Waals surface area contributed by atoms with Gasteiger partial charge in [0.25, 0.3) is 0 Å². The molecule has 1 saturated carbocycles. The second-order valence-electron chi connectivity index (χ2n) is 5.24. The molecule has 0 N–H and O–H groups in total. The number of benzene rings is 1. The molecule has 1 fully saturated rings. The van der Waals surface area contributed by atoms with E-state index in [1.807, 2.05) is 24.3 Å². The highest BCUT2D eigenvalue weighted by atomic mass is 16.5. The molecule has 0 aromatic heterocycles. The van der Waals surface area contributed by atoms with Gasteiger partial charge in [0, 0.05) is 6.08 Å². The van der Waals surface area contributed by atoms with Crippen LogP contribution >= 0.6 is 0 Å². The van der Waals surface area contributed by atoms with E-state index >= 15 is 0 Å². The quantitative estimate of drug-likeness (QED) is 0.604. The molecule has 1 aromatic carbocycles. The fourth-order valence-corrected chi connectivity index (χ4v) is 2.48. The Bertz CT molecular complexity index is 442. The van der Waals surface area contributed by atoms with Crippen molar-refractivity contribution in [2.75, 3.05) is 13.7 Å². The number of rotatable bonds is 5. The van der Waals surface area contributed by atoms with E-state index in [1.165, 1.54) is 38.2 Å². The van der Waals surface area contributed by atoms with E-state index in [0.29, 0.717) is 12.5 Å². The van der Waals surface area contributed by atoms with E-state index in [9.17, 15) is 4.79 Å². The van der Waals surface area contributed by atoms with E-state index in [1.54, 1.807) is 13.2 Å². The number of carbonyl (C=O) groups excluding carboxylic acids is 1. The molecule has 1 aromatic rings. The third-order valence-electron chi connectivity index (χ3n) is 3.71. The molecule has 1 aliphatic carbocycles. The summed E-state index contributed by atoms with van der Waals surface area (Å²) in [4.78, 5) is 11.6. The summed E-state index contributed by atoms with van der Waals surface area (Å²) >= 11 is 0. The summed E-state index contributed by atoms with van der Waals surface area (Å²) in [7, 11) is 1.63. The smallest absolute Gasteiger partial charge is 0.330 e. The number of ether oxygens (including phenoxy) is 2. The minimum Gasteiger partial charge on any atom is -0.497 e. The molecule has 0 spiro atoms. The molecule has 3 nitrogen and oxygen atoms in total. The van der Waals surface area contributed by atoms with Crippen molar-refractivity contribution in [3.05, 3.63) is 35.9 Å². The summed E-state index contributed by atoms with van der Waals surface area (Å²) in [6, 6.07) is 7.55. The lowest BCUT2D eigenvalue weighted by molar-refractivity contribution is -0.139. The SMILES string of the molecule is COc1ccc(/C=C\C(=O)OCC2CCCCC2)cc1. The second kappa shape index (κ2) is 7.73. The first-order valence-electron chi connectivity index (χ1n) is 7.27. The Morgan fingerprint density at radius 1 is 1.20 bits per heavy atom. The first kappa shape index (κ1) is 14.6. The van der Waals surface area contributed by atoms with E-state index < -0.39 is 0 Å². The van der Waals surface area contributed by atoms with Gasteiger partial charge in [0.2, 0.25) is 0 Å². The number of methoxy groups -OCH3 is 1. The summed E-state index contributed by atoms with van der Waals surface area (Å²) in [5.74, 6) is 1.11. The maximum atomic E-state index is 11.6. The van der Waals surface area contributed by atoms with Crippen LogP contribution < -0.4 is 4.74 Å². The zero-order valence-electron chi connectivity index (χ0n) is 12.0. The van der Waals surface area contributed by atoms with Crippen LogP contribution in [-0.2, 0) is 9.53 Å². The summed E-state index contributed by atoms with van der Waals surface area (Å²) in [5, 5.41) is 0. The predicted octanol–water partition coefficient (Wildman–Crippen LogP) is 3.83. The Balaban J connectivity index is 1.76. The van der Waals surface area contributed by atoms with Crippen molar-refractivity contribution in [2.45, 2.75) is 32.1 Å². The van der Waals surface area contributed by atoms with Crippen LogP contribution in [0.5, 0.6) is 5.75 Å². The topological polar surface area (TPSA) is 35.5 Å². The van der Waals surface area contributed by atoms with Crippen molar-refractivity contribution in [1.29, 1.82) is 0 Å². The number of hydrogen-bond acceptors (Lipinski definition) is 3. The average molecular weight is 274 g/mol. The molecule has 0 aliphatic heterocycles. The maximum absolute atomic E-state index is 11.6. The Hall–Kier alpha value is -1.77. The number of esters is 1. The van der Waals surface area contributed by atoms with Crippen molar-refractivity contribution in [3.63, 3.8) is 0 Å². The van der Waals surface area contributed by atoms with Crippen molar-refractivity contribution in [2.24, 2.45) is 5.92 Å². The monoisotopic (exact) mass is 274 g/mol. The number of carbonyl (C=O) groups is 1. The first-order chi connectivity index (χ1) is 9.78. The van der Waals surface area contributed by atoms with Gasteiger partial charge in [0.05, 0.1) is 13.7 Å². The highest BCUT2D eigenvalue weighted by Gasteiger charge is 2.14. The van der Waals surface area contributed by atoms with Gasteiger partial charge in [0.1, 0.15) is 5.75 Å². The van der Waals surface area contributed by atoms with Gasteiger partial charge in [-0.3, -0.25) is 0 Å². The van der Waals surface area contributed by atoms with E-state index in [4.69, 9.17) is 9.47 Å². The van der Waals surface area contributed by atoms with Crippen LogP contribution in [-0.4, -0.2) is 19.7 Å². The molecule has 3 heteroatoms. The van der Waals surface area contributed by atoms with Gasteiger partial charge in [0.15, 0.2) is 0 Å². The van der Waals surface area contributed by atoms with Crippen molar-refractivity contribution >= 4 is 12.0 Å². The van der Waals surface area contributed by atoms with Gasteiger partial charge in [-0.05, 0) is 42.5 Å². The van der Waals surface area contributed by atoms with Crippen LogP contribution in [0.3, 0.4) is 0 Å². The first-order valence-corrected chi connectivity index (χ1v) is 7.27. The zero-order chi connectivity index (χ0) is 14.2. The average Bonchev–Trinajstić information content (AvgIpc) is 2.52. The summed E-state index contributed by atoms with van der Waals surface area (Å²) in [6.45, 7) is 0.561.